The van der Waals surface area contributed by atoms with Gasteiger partial charge in [-0.05, 0) is 19.3 Å². The quantitative estimate of drug-likeness (QED) is 0.503. The molecule has 0 saturated heterocycles. The van der Waals surface area contributed by atoms with Crippen LogP contribution < -0.4 is 16.6 Å². The maximum atomic E-state index is 5.40. The zero-order valence-corrected chi connectivity index (χ0v) is 11.6. The molecule has 0 spiro atoms. The molecule has 0 radical (unpaired) electrons. The second kappa shape index (κ2) is 5.97. The fourth-order valence-corrected chi connectivity index (χ4v) is 2.38. The molecule has 2 unspecified atom stereocenters. The molecule has 1 fully saturated rings. The van der Waals surface area contributed by atoms with E-state index in [1.807, 2.05) is 0 Å². The van der Waals surface area contributed by atoms with Gasteiger partial charge in [-0.2, -0.15) is 24.7 Å². The van der Waals surface area contributed by atoms with Gasteiger partial charge in [-0.25, -0.2) is 10.8 Å². The van der Waals surface area contributed by atoms with Crippen molar-refractivity contribution in [3.8, 4) is 5.95 Å². The second-order valence-electron chi connectivity index (χ2n) is 4.78. The number of ether oxygens (including phenoxy) is 1. The predicted octanol–water partition coefficient (Wildman–Crippen LogP) is -0.283. The summed E-state index contributed by atoms with van der Waals surface area (Å²) in [6.07, 6.45) is 6.16. The molecule has 0 aliphatic heterocycles. The summed E-state index contributed by atoms with van der Waals surface area (Å²) in [6.45, 7) is 0. The Morgan fingerprint density at radius 1 is 1.29 bits per heavy atom. The highest BCUT2D eigenvalue weighted by Crippen LogP contribution is 2.24. The number of hydrogen-bond donors (Lipinski definition) is 3. The van der Waals surface area contributed by atoms with Crippen LogP contribution >= 0.6 is 0 Å². The van der Waals surface area contributed by atoms with Gasteiger partial charge in [-0.15, -0.1) is 0 Å². The molecule has 0 amide bonds. The van der Waals surface area contributed by atoms with Crippen LogP contribution in [0.15, 0.2) is 12.7 Å². The van der Waals surface area contributed by atoms with Crippen LogP contribution in [0, 0.1) is 0 Å². The molecule has 1 saturated carbocycles. The van der Waals surface area contributed by atoms with Crippen LogP contribution in [-0.4, -0.2) is 49.0 Å². The first-order valence-corrected chi connectivity index (χ1v) is 6.65. The highest BCUT2D eigenvalue weighted by Gasteiger charge is 2.25. The van der Waals surface area contributed by atoms with Crippen LogP contribution in [0.25, 0.3) is 5.95 Å². The molecule has 1 aliphatic rings. The van der Waals surface area contributed by atoms with Gasteiger partial charge in [0, 0.05) is 13.2 Å². The third kappa shape index (κ3) is 3.06. The zero-order valence-electron chi connectivity index (χ0n) is 11.6. The Morgan fingerprint density at radius 3 is 2.81 bits per heavy atom. The van der Waals surface area contributed by atoms with E-state index in [1.165, 1.54) is 17.3 Å². The maximum absolute atomic E-state index is 5.40. The molecule has 10 heteroatoms. The lowest BCUT2D eigenvalue weighted by Gasteiger charge is -2.13. The largest absolute Gasteiger partial charge is 0.381 e. The van der Waals surface area contributed by atoms with Crippen molar-refractivity contribution in [1.82, 2.24) is 29.7 Å². The first-order valence-electron chi connectivity index (χ1n) is 6.65. The van der Waals surface area contributed by atoms with Gasteiger partial charge in [0.2, 0.25) is 11.9 Å². The summed E-state index contributed by atoms with van der Waals surface area (Å²) in [5, 5.41) is 7.28. The van der Waals surface area contributed by atoms with Crippen molar-refractivity contribution in [2.24, 2.45) is 5.84 Å². The number of hydrazine groups is 1. The molecule has 2 heterocycles. The number of nitrogen functional groups attached to an aromatic ring is 1. The summed E-state index contributed by atoms with van der Waals surface area (Å²) in [4.78, 5) is 16.5. The van der Waals surface area contributed by atoms with Crippen molar-refractivity contribution < 1.29 is 4.74 Å². The van der Waals surface area contributed by atoms with Crippen LogP contribution in [0.2, 0.25) is 0 Å². The number of methoxy groups -OCH3 is 1. The molecule has 0 bridgehead atoms. The lowest BCUT2D eigenvalue weighted by atomic mass is 10.2. The molecule has 2 atom stereocenters. The Morgan fingerprint density at radius 2 is 2.14 bits per heavy atom. The zero-order chi connectivity index (χ0) is 14.7. The summed E-state index contributed by atoms with van der Waals surface area (Å²) in [5.74, 6) is 6.46. The number of nitrogens with two attached hydrogens (primary N) is 1. The Labute approximate surface area is 121 Å². The second-order valence-corrected chi connectivity index (χ2v) is 4.78. The van der Waals surface area contributed by atoms with E-state index >= 15 is 0 Å². The number of anilines is 2. The number of hydrogen-bond acceptors (Lipinski definition) is 9. The Bertz CT molecular complexity index is 587. The van der Waals surface area contributed by atoms with Crippen molar-refractivity contribution in [3.63, 3.8) is 0 Å². The molecule has 1 aliphatic carbocycles. The minimum Gasteiger partial charge on any atom is -0.381 e. The van der Waals surface area contributed by atoms with E-state index in [9.17, 15) is 0 Å². The van der Waals surface area contributed by atoms with Gasteiger partial charge in [0.05, 0.1) is 6.10 Å². The first-order chi connectivity index (χ1) is 10.3. The third-order valence-electron chi connectivity index (χ3n) is 3.43. The molecule has 21 heavy (non-hydrogen) atoms. The highest BCUT2D eigenvalue weighted by atomic mass is 16.5. The van der Waals surface area contributed by atoms with E-state index in [4.69, 9.17) is 10.6 Å². The minimum absolute atomic E-state index is 0.263. The SMILES string of the molecule is COC1CCC(Nc2nc(NN)nc(-n3cncn3)n2)C1. The van der Waals surface area contributed by atoms with Crippen molar-refractivity contribution >= 4 is 11.9 Å². The van der Waals surface area contributed by atoms with Gasteiger partial charge < -0.3 is 10.1 Å². The Balaban J connectivity index is 1.80. The van der Waals surface area contributed by atoms with Crippen molar-refractivity contribution in [2.45, 2.75) is 31.4 Å². The normalized spacial score (nSPS) is 21.4. The van der Waals surface area contributed by atoms with Gasteiger partial charge in [-0.3, -0.25) is 5.43 Å². The van der Waals surface area contributed by atoms with Gasteiger partial charge in [0.25, 0.3) is 5.95 Å². The number of aromatic nitrogens is 6. The summed E-state index contributed by atoms with van der Waals surface area (Å²) in [5.41, 5.74) is 2.43. The van der Waals surface area contributed by atoms with Crippen molar-refractivity contribution in [2.75, 3.05) is 17.9 Å². The molecule has 4 N–H and O–H groups in total. The Kier molecular flexibility index (Phi) is 3.88. The maximum Gasteiger partial charge on any atom is 0.258 e. The van der Waals surface area contributed by atoms with Crippen LogP contribution in [0.4, 0.5) is 11.9 Å². The Hall–Kier alpha value is -2.33. The smallest absolute Gasteiger partial charge is 0.258 e. The van der Waals surface area contributed by atoms with Crippen LogP contribution in [0.3, 0.4) is 0 Å². The average Bonchev–Trinajstić information content (AvgIpc) is 3.18. The predicted molar refractivity (Wildman–Crippen MR) is 74.6 cm³/mol. The fourth-order valence-electron chi connectivity index (χ4n) is 2.38. The van der Waals surface area contributed by atoms with E-state index < -0.39 is 0 Å². The third-order valence-corrected chi connectivity index (χ3v) is 3.43. The van der Waals surface area contributed by atoms with Gasteiger partial charge in [0.15, 0.2) is 0 Å². The standard InChI is InChI=1S/C11H17N9O/c1-21-8-3-2-7(4-8)15-9-16-10(19-12)18-11(17-9)20-6-13-5-14-20/h5-8H,2-4,12H2,1H3,(H2,15,16,17,18,19). The number of nitrogens with one attached hydrogen (secondary N) is 2. The van der Waals surface area contributed by atoms with Crippen LogP contribution in [0.5, 0.6) is 0 Å². The molecule has 0 aromatic carbocycles. The van der Waals surface area contributed by atoms with E-state index in [0.717, 1.165) is 19.3 Å². The van der Waals surface area contributed by atoms with Gasteiger partial charge in [-0.1, -0.05) is 0 Å². The molecular weight excluding hydrogens is 274 g/mol. The molecule has 3 rings (SSSR count). The van der Waals surface area contributed by atoms with Gasteiger partial charge in [0.1, 0.15) is 12.7 Å². The first kappa shape index (κ1) is 13.6. The molecule has 112 valence electrons. The van der Waals surface area contributed by atoms with E-state index in [0.29, 0.717) is 11.9 Å². The molecule has 2 aromatic heterocycles. The molecular formula is C11H17N9O. The van der Waals surface area contributed by atoms with Crippen LogP contribution in [0.1, 0.15) is 19.3 Å². The number of nitrogens with zero attached hydrogens (tertiary/aromatic N) is 6. The number of rotatable bonds is 5. The van der Waals surface area contributed by atoms with E-state index in [1.54, 1.807) is 7.11 Å². The average molecular weight is 291 g/mol. The van der Waals surface area contributed by atoms with Crippen LogP contribution in [-0.2, 0) is 4.74 Å². The topological polar surface area (TPSA) is 129 Å². The van der Waals surface area contributed by atoms with Gasteiger partial charge >= 0.3 is 0 Å². The molecule has 2 aromatic rings. The summed E-state index contributed by atoms with van der Waals surface area (Å²) >= 11 is 0. The molecule has 10 nitrogen and oxygen atoms in total. The van der Waals surface area contributed by atoms with E-state index in [-0.39, 0.29) is 18.1 Å². The monoisotopic (exact) mass is 291 g/mol. The summed E-state index contributed by atoms with van der Waals surface area (Å²) in [6, 6.07) is 0.270. The fraction of sp³-hybridized carbons (Fsp3) is 0.545. The van der Waals surface area contributed by atoms with Crippen molar-refractivity contribution in [3.05, 3.63) is 12.7 Å². The summed E-state index contributed by atoms with van der Waals surface area (Å²) < 4.78 is 6.80. The lowest BCUT2D eigenvalue weighted by Crippen LogP contribution is -2.21. The summed E-state index contributed by atoms with van der Waals surface area (Å²) in [7, 11) is 1.73. The lowest BCUT2D eigenvalue weighted by molar-refractivity contribution is 0.108. The van der Waals surface area contributed by atoms with E-state index in [2.05, 4.69) is 35.8 Å². The minimum atomic E-state index is 0.263. The van der Waals surface area contributed by atoms with Crippen molar-refractivity contribution in [1.29, 1.82) is 0 Å². The highest BCUT2D eigenvalue weighted by molar-refractivity contribution is 5.37.